The highest BCUT2D eigenvalue weighted by molar-refractivity contribution is 7.26. The van der Waals surface area contributed by atoms with Gasteiger partial charge in [0.05, 0.1) is 15.7 Å². The van der Waals surface area contributed by atoms with E-state index in [0.717, 1.165) is 0 Å². The van der Waals surface area contributed by atoms with Crippen LogP contribution in [0, 0.1) is 0 Å². The first-order valence-corrected chi connectivity index (χ1v) is 12.8. The normalized spacial score (nSPS) is 13.1. The van der Waals surface area contributed by atoms with Crippen molar-refractivity contribution < 1.29 is 0 Å². The topological polar surface area (TPSA) is 4.93 Å². The molecule has 0 fully saturated rings. The van der Waals surface area contributed by atoms with Crippen LogP contribution >= 0.6 is 11.3 Å². The minimum atomic E-state index is -0.0505. The standard InChI is InChI=1S/C32H23NS/c1-32(2,3)33-25-15-8-14-21-20-12-6-9-18-10-7-13-22(27(18)20)23-17-24-19-11-4-5-16-26(19)34-31(24)30(33)29(23)28(21)25/h4-17H,1-3H3. The molecule has 0 amide bonds. The molecule has 0 aliphatic heterocycles. The largest absolute Gasteiger partial charge is 0.334 e. The Balaban J connectivity index is 1.79. The molecule has 1 nitrogen and oxygen atoms in total. The van der Waals surface area contributed by atoms with Crippen molar-refractivity contribution in [1.82, 2.24) is 4.57 Å². The van der Waals surface area contributed by atoms with E-state index in [0.29, 0.717) is 0 Å². The van der Waals surface area contributed by atoms with Crippen molar-refractivity contribution in [2.75, 3.05) is 0 Å². The zero-order chi connectivity index (χ0) is 22.8. The lowest BCUT2D eigenvalue weighted by molar-refractivity contribution is 0.424. The summed E-state index contributed by atoms with van der Waals surface area (Å²) in [5, 5.41) is 8.21. The molecule has 0 spiro atoms. The molecule has 162 valence electrons. The summed E-state index contributed by atoms with van der Waals surface area (Å²) in [6.07, 6.45) is 0. The molecule has 0 saturated carbocycles. The molecule has 0 atom stereocenters. The molecular weight excluding hydrogens is 430 g/mol. The van der Waals surface area contributed by atoms with Crippen LogP contribution in [0.5, 0.6) is 0 Å². The third kappa shape index (κ3) is 2.15. The van der Waals surface area contributed by atoms with Crippen LogP contribution in [0.15, 0.2) is 84.9 Å². The van der Waals surface area contributed by atoms with Gasteiger partial charge in [-0.3, -0.25) is 0 Å². The van der Waals surface area contributed by atoms with Crippen LogP contribution in [-0.4, -0.2) is 4.57 Å². The van der Waals surface area contributed by atoms with Crippen molar-refractivity contribution >= 4 is 64.1 Å². The molecule has 0 bridgehead atoms. The van der Waals surface area contributed by atoms with Crippen molar-refractivity contribution in [3.63, 3.8) is 0 Å². The highest BCUT2D eigenvalue weighted by Crippen LogP contribution is 2.53. The number of hydrogen-bond donors (Lipinski definition) is 0. The Morgan fingerprint density at radius 3 is 2.06 bits per heavy atom. The summed E-state index contributed by atoms with van der Waals surface area (Å²) in [5.41, 5.74) is 8.07. The van der Waals surface area contributed by atoms with Crippen LogP contribution in [0.3, 0.4) is 0 Å². The molecule has 34 heavy (non-hydrogen) atoms. The highest BCUT2D eigenvalue weighted by Gasteiger charge is 2.29. The molecule has 5 aromatic carbocycles. The van der Waals surface area contributed by atoms with E-state index in [2.05, 4.69) is 110 Å². The van der Waals surface area contributed by atoms with E-state index in [9.17, 15) is 0 Å². The summed E-state index contributed by atoms with van der Waals surface area (Å²) in [6, 6.07) is 31.8. The zero-order valence-electron chi connectivity index (χ0n) is 19.4. The lowest BCUT2D eigenvalue weighted by Gasteiger charge is -2.25. The van der Waals surface area contributed by atoms with Gasteiger partial charge in [-0.25, -0.2) is 0 Å². The average molecular weight is 454 g/mol. The van der Waals surface area contributed by atoms with Crippen molar-refractivity contribution in [2.24, 2.45) is 0 Å². The van der Waals surface area contributed by atoms with Crippen LogP contribution in [0.1, 0.15) is 20.8 Å². The lowest BCUT2D eigenvalue weighted by Crippen LogP contribution is -2.21. The fraction of sp³-hybridized carbons (Fsp3) is 0.125. The van der Waals surface area contributed by atoms with Gasteiger partial charge in [-0.05, 0) is 72.0 Å². The number of benzene rings is 5. The van der Waals surface area contributed by atoms with Crippen LogP contribution < -0.4 is 0 Å². The average Bonchev–Trinajstić information content (AvgIpc) is 3.35. The molecule has 0 radical (unpaired) electrons. The first kappa shape index (κ1) is 18.8. The van der Waals surface area contributed by atoms with Gasteiger partial charge in [-0.2, -0.15) is 0 Å². The van der Waals surface area contributed by atoms with Gasteiger partial charge in [-0.1, -0.05) is 66.7 Å². The predicted octanol–water partition coefficient (Wildman–Crippen LogP) is 9.72. The fourth-order valence-electron chi connectivity index (χ4n) is 6.34. The Labute approximate surface area is 201 Å². The third-order valence-electron chi connectivity index (χ3n) is 7.56. The number of nitrogens with zero attached hydrogens (tertiary/aromatic N) is 1. The minimum Gasteiger partial charge on any atom is -0.334 e. The first-order chi connectivity index (χ1) is 16.5. The molecule has 7 aromatic rings. The summed E-state index contributed by atoms with van der Waals surface area (Å²) >= 11 is 1.94. The molecular formula is C32H23NS. The second-order valence-corrected chi connectivity index (χ2v) is 11.6. The molecule has 1 aliphatic rings. The van der Waals surface area contributed by atoms with Crippen LogP contribution in [0.4, 0.5) is 0 Å². The lowest BCUT2D eigenvalue weighted by atomic mass is 9.92. The highest BCUT2D eigenvalue weighted by atomic mass is 32.1. The zero-order valence-corrected chi connectivity index (χ0v) is 20.3. The minimum absolute atomic E-state index is 0.0505. The van der Waals surface area contributed by atoms with Gasteiger partial charge in [0.25, 0.3) is 0 Å². The van der Waals surface area contributed by atoms with Crippen molar-refractivity contribution in [2.45, 2.75) is 26.3 Å². The summed E-state index contributed by atoms with van der Waals surface area (Å²) < 4.78 is 5.36. The van der Waals surface area contributed by atoms with Crippen LogP contribution in [0.2, 0.25) is 0 Å². The first-order valence-electron chi connectivity index (χ1n) is 12.0. The second kappa shape index (κ2) is 6.08. The molecule has 2 heterocycles. The Morgan fingerprint density at radius 1 is 0.618 bits per heavy atom. The maximum Gasteiger partial charge on any atom is 0.0684 e. The summed E-state index contributed by atoms with van der Waals surface area (Å²) in [5.74, 6) is 0. The van der Waals surface area contributed by atoms with E-state index >= 15 is 0 Å². The van der Waals surface area contributed by atoms with E-state index < -0.39 is 0 Å². The number of rotatable bonds is 0. The molecule has 1 aliphatic carbocycles. The maximum absolute atomic E-state index is 2.61. The van der Waals surface area contributed by atoms with E-state index in [1.54, 1.807) is 0 Å². The molecule has 2 aromatic heterocycles. The van der Waals surface area contributed by atoms with Gasteiger partial charge in [-0.15, -0.1) is 11.3 Å². The van der Waals surface area contributed by atoms with E-state index in [1.165, 1.54) is 75.0 Å². The third-order valence-corrected chi connectivity index (χ3v) is 8.75. The van der Waals surface area contributed by atoms with Crippen molar-refractivity contribution in [3.05, 3.63) is 84.9 Å². The smallest absolute Gasteiger partial charge is 0.0684 e. The number of aromatic nitrogens is 1. The molecule has 0 saturated heterocycles. The summed E-state index contributed by atoms with van der Waals surface area (Å²) in [6.45, 7) is 7.01. The molecule has 0 N–H and O–H groups in total. The van der Waals surface area contributed by atoms with E-state index in [-0.39, 0.29) is 5.54 Å². The Bertz CT molecular complexity index is 1990. The van der Waals surface area contributed by atoms with Crippen molar-refractivity contribution in [3.8, 4) is 22.3 Å². The summed E-state index contributed by atoms with van der Waals surface area (Å²) in [4.78, 5) is 0. The van der Waals surface area contributed by atoms with Crippen LogP contribution in [-0.2, 0) is 5.54 Å². The van der Waals surface area contributed by atoms with Gasteiger partial charge in [0, 0.05) is 31.8 Å². The van der Waals surface area contributed by atoms with E-state index in [1.807, 2.05) is 11.3 Å². The van der Waals surface area contributed by atoms with E-state index in [4.69, 9.17) is 0 Å². The Kier molecular flexibility index (Phi) is 3.36. The van der Waals surface area contributed by atoms with Gasteiger partial charge in [0.1, 0.15) is 0 Å². The fourth-order valence-corrected chi connectivity index (χ4v) is 7.57. The maximum atomic E-state index is 2.61. The number of thiophene rings is 1. The van der Waals surface area contributed by atoms with Gasteiger partial charge < -0.3 is 4.57 Å². The van der Waals surface area contributed by atoms with Gasteiger partial charge >= 0.3 is 0 Å². The van der Waals surface area contributed by atoms with Gasteiger partial charge in [0.15, 0.2) is 0 Å². The predicted molar refractivity (Wildman–Crippen MR) is 149 cm³/mol. The van der Waals surface area contributed by atoms with Crippen molar-refractivity contribution in [1.29, 1.82) is 0 Å². The molecule has 2 heteroatoms. The Hall–Kier alpha value is -3.62. The summed E-state index contributed by atoms with van der Waals surface area (Å²) in [7, 11) is 0. The second-order valence-electron chi connectivity index (χ2n) is 10.5. The molecule has 8 rings (SSSR count). The SMILES string of the molecule is CC(C)(C)n1c2cccc3c2c2c(cc4c5ccccc5sc4c21)-c1cccc2cccc-3c12. The number of fused-ring (bicyclic) bond motifs is 6. The number of hydrogen-bond acceptors (Lipinski definition) is 1. The molecule has 0 unspecified atom stereocenters. The van der Waals surface area contributed by atoms with Gasteiger partial charge in [0.2, 0.25) is 0 Å². The van der Waals surface area contributed by atoms with Crippen LogP contribution in [0.25, 0.3) is 75.0 Å². The Morgan fingerprint density at radius 2 is 1.29 bits per heavy atom. The monoisotopic (exact) mass is 453 g/mol. The quantitative estimate of drug-likeness (QED) is 0.215.